The van der Waals surface area contributed by atoms with Gasteiger partial charge < -0.3 is 0 Å². The van der Waals surface area contributed by atoms with Crippen molar-refractivity contribution in [1.82, 2.24) is 0 Å². The molecule has 1 rings (SSSR count). The van der Waals surface area contributed by atoms with Crippen LogP contribution in [0.3, 0.4) is 0 Å². The van der Waals surface area contributed by atoms with Crippen LogP contribution in [-0.2, 0) is 0 Å². The topological polar surface area (TPSA) is 21.4 Å². The summed E-state index contributed by atoms with van der Waals surface area (Å²) in [6.07, 6.45) is 0. The van der Waals surface area contributed by atoms with E-state index < -0.39 is 0 Å². The van der Waals surface area contributed by atoms with E-state index in [1.807, 2.05) is 44.2 Å². The molecule has 0 unspecified atom stereocenters. The highest BCUT2D eigenvalue weighted by Crippen LogP contribution is 1.96. The SMILES string of the molecule is CC.CC(=[OH+])c1ccccc1. The summed E-state index contributed by atoms with van der Waals surface area (Å²) in [4.78, 5) is 8.94. The van der Waals surface area contributed by atoms with Crippen molar-refractivity contribution in [2.24, 2.45) is 0 Å². The van der Waals surface area contributed by atoms with Crippen molar-refractivity contribution in [2.45, 2.75) is 20.8 Å². The molecule has 0 aromatic heterocycles. The lowest BCUT2D eigenvalue weighted by Gasteiger charge is -1.84. The smallest absolute Gasteiger partial charge is 0.278 e. The average Bonchev–Trinajstić information content (AvgIpc) is 2.10. The summed E-state index contributed by atoms with van der Waals surface area (Å²) in [6, 6.07) is 9.46. The van der Waals surface area contributed by atoms with Crippen LogP contribution < -0.4 is 0 Å². The molecule has 0 aliphatic rings. The minimum absolute atomic E-state index is 0.371. The fourth-order valence-corrected chi connectivity index (χ4v) is 0.679. The standard InChI is InChI=1S/C8H8O.C2H6/c1-7(9)8-5-3-2-4-6-8;1-2/h2-6H,1H3;1-2H3/p+1. The van der Waals surface area contributed by atoms with Crippen LogP contribution in [0.5, 0.6) is 0 Å². The van der Waals surface area contributed by atoms with Gasteiger partial charge in [-0.3, -0.25) is 4.79 Å². The van der Waals surface area contributed by atoms with Gasteiger partial charge in [0.25, 0.3) is 0 Å². The molecule has 0 heterocycles. The predicted octanol–water partition coefficient (Wildman–Crippen LogP) is 2.63. The second-order valence-corrected chi connectivity index (χ2v) is 1.95. The second kappa shape index (κ2) is 5.66. The summed E-state index contributed by atoms with van der Waals surface area (Å²) in [7, 11) is 0. The first-order chi connectivity index (χ1) is 5.30. The molecule has 0 amide bonds. The highest BCUT2D eigenvalue weighted by molar-refractivity contribution is 5.94. The van der Waals surface area contributed by atoms with Crippen LogP contribution in [0.15, 0.2) is 30.3 Å². The molecule has 0 spiro atoms. The molecule has 0 atom stereocenters. The van der Waals surface area contributed by atoms with Crippen molar-refractivity contribution in [3.05, 3.63) is 35.9 Å². The Morgan fingerprint density at radius 2 is 1.55 bits per heavy atom. The van der Waals surface area contributed by atoms with Crippen LogP contribution >= 0.6 is 0 Å². The normalized spacial score (nSPS) is 7.91. The fourth-order valence-electron chi connectivity index (χ4n) is 0.679. The predicted molar refractivity (Wildman–Crippen MR) is 49.5 cm³/mol. The van der Waals surface area contributed by atoms with Gasteiger partial charge in [-0.05, 0) is 12.1 Å². The van der Waals surface area contributed by atoms with E-state index in [-0.39, 0.29) is 0 Å². The molecule has 0 saturated heterocycles. The lowest BCUT2D eigenvalue weighted by Crippen LogP contribution is -1.90. The molecule has 0 aliphatic heterocycles. The van der Waals surface area contributed by atoms with Crippen molar-refractivity contribution in [3.8, 4) is 0 Å². The van der Waals surface area contributed by atoms with Crippen LogP contribution in [0.1, 0.15) is 26.3 Å². The first kappa shape index (κ1) is 9.89. The van der Waals surface area contributed by atoms with Gasteiger partial charge in [-0.15, -0.1) is 0 Å². The molecule has 1 N–H and O–H groups in total. The lowest BCUT2D eigenvalue weighted by atomic mass is 10.2. The number of hydrogen-bond acceptors (Lipinski definition) is 0. The molecule has 1 heteroatoms. The van der Waals surface area contributed by atoms with Gasteiger partial charge in [-0.1, -0.05) is 32.0 Å². The number of rotatable bonds is 1. The first-order valence-electron chi connectivity index (χ1n) is 3.88. The van der Waals surface area contributed by atoms with Crippen molar-refractivity contribution in [3.63, 3.8) is 0 Å². The molecule has 1 aromatic carbocycles. The number of carbonyl (C=O) groups excluding carboxylic acids is 1. The Bertz CT molecular complexity index is 201. The van der Waals surface area contributed by atoms with Gasteiger partial charge >= 0.3 is 5.78 Å². The van der Waals surface area contributed by atoms with Crippen molar-refractivity contribution < 1.29 is 4.79 Å². The minimum atomic E-state index is 0.371. The molecule has 60 valence electrons. The van der Waals surface area contributed by atoms with Crippen LogP contribution in [0.4, 0.5) is 0 Å². The molecular formula is C10H15O+. The van der Waals surface area contributed by atoms with E-state index >= 15 is 0 Å². The molecule has 0 radical (unpaired) electrons. The third kappa shape index (κ3) is 3.56. The van der Waals surface area contributed by atoms with Gasteiger partial charge in [-0.25, -0.2) is 0 Å². The number of hydrogen-bond donors (Lipinski definition) is 0. The molecule has 0 saturated carbocycles. The van der Waals surface area contributed by atoms with E-state index in [9.17, 15) is 0 Å². The Labute approximate surface area is 68.1 Å². The fraction of sp³-hybridized carbons (Fsp3) is 0.300. The minimum Gasteiger partial charge on any atom is -0.278 e. The Kier molecular flexibility index (Phi) is 5.09. The van der Waals surface area contributed by atoms with Crippen LogP contribution in [-0.4, -0.2) is 10.6 Å². The van der Waals surface area contributed by atoms with Crippen LogP contribution in [0, 0.1) is 0 Å². The summed E-state index contributed by atoms with van der Waals surface area (Å²) in [6.45, 7) is 5.68. The lowest BCUT2D eigenvalue weighted by molar-refractivity contribution is 0.675. The van der Waals surface area contributed by atoms with Gasteiger partial charge in [0.2, 0.25) is 0 Å². The summed E-state index contributed by atoms with van der Waals surface area (Å²) in [5, 5.41) is 0. The zero-order valence-corrected chi connectivity index (χ0v) is 7.33. The van der Waals surface area contributed by atoms with Gasteiger partial charge in [0.1, 0.15) is 0 Å². The van der Waals surface area contributed by atoms with E-state index in [4.69, 9.17) is 4.79 Å². The maximum atomic E-state index is 8.94. The largest absolute Gasteiger partial charge is 0.320 e. The maximum Gasteiger partial charge on any atom is 0.320 e. The zero-order valence-electron chi connectivity index (χ0n) is 7.33. The summed E-state index contributed by atoms with van der Waals surface area (Å²) < 4.78 is 0. The molecule has 1 nitrogen and oxygen atoms in total. The highest BCUT2D eigenvalue weighted by Gasteiger charge is 2.00. The Hall–Kier alpha value is -1.11. The number of benzene rings is 1. The third-order valence-electron chi connectivity index (χ3n) is 1.19. The molecule has 11 heavy (non-hydrogen) atoms. The van der Waals surface area contributed by atoms with E-state index in [0.717, 1.165) is 5.56 Å². The zero-order chi connectivity index (χ0) is 8.69. The van der Waals surface area contributed by atoms with E-state index in [0.29, 0.717) is 5.78 Å². The molecule has 0 bridgehead atoms. The van der Waals surface area contributed by atoms with Crippen molar-refractivity contribution >= 4 is 5.78 Å². The summed E-state index contributed by atoms with van der Waals surface area (Å²) >= 11 is 0. The van der Waals surface area contributed by atoms with Crippen molar-refractivity contribution in [1.29, 1.82) is 0 Å². The maximum absolute atomic E-state index is 8.94. The Morgan fingerprint density at radius 3 is 1.82 bits per heavy atom. The van der Waals surface area contributed by atoms with E-state index in [2.05, 4.69) is 0 Å². The third-order valence-corrected chi connectivity index (χ3v) is 1.19. The van der Waals surface area contributed by atoms with Gasteiger partial charge in [0.15, 0.2) is 0 Å². The van der Waals surface area contributed by atoms with Gasteiger partial charge in [0, 0.05) is 0 Å². The monoisotopic (exact) mass is 151 g/mol. The molecule has 0 fully saturated rings. The molecule has 0 aliphatic carbocycles. The Balaban J connectivity index is 0.000000461. The first-order valence-corrected chi connectivity index (χ1v) is 3.88. The second-order valence-electron chi connectivity index (χ2n) is 1.95. The number of ketones is 1. The summed E-state index contributed by atoms with van der Waals surface area (Å²) in [5.74, 6) is 0.371. The average molecular weight is 151 g/mol. The van der Waals surface area contributed by atoms with Crippen LogP contribution in [0.2, 0.25) is 0 Å². The molecular weight excluding hydrogens is 136 g/mol. The van der Waals surface area contributed by atoms with Gasteiger partial charge in [0.05, 0.1) is 12.5 Å². The van der Waals surface area contributed by atoms with Crippen molar-refractivity contribution in [2.75, 3.05) is 0 Å². The Morgan fingerprint density at radius 1 is 1.09 bits per heavy atom. The summed E-state index contributed by atoms with van der Waals surface area (Å²) in [5.41, 5.74) is 0.887. The highest BCUT2D eigenvalue weighted by atomic mass is 16.1. The van der Waals surface area contributed by atoms with E-state index in [1.165, 1.54) is 0 Å². The molecule has 1 aromatic rings. The van der Waals surface area contributed by atoms with E-state index in [1.54, 1.807) is 6.92 Å². The quantitative estimate of drug-likeness (QED) is 0.434. The van der Waals surface area contributed by atoms with Crippen LogP contribution in [0.25, 0.3) is 0 Å². The van der Waals surface area contributed by atoms with Gasteiger partial charge in [-0.2, -0.15) is 0 Å².